The molecule has 0 saturated heterocycles. The lowest BCUT2D eigenvalue weighted by atomic mass is 9.76. The van der Waals surface area contributed by atoms with Gasteiger partial charge in [0.1, 0.15) is 11.6 Å². The summed E-state index contributed by atoms with van der Waals surface area (Å²) in [6, 6.07) is 11.1. The molecule has 128 valence electrons. The summed E-state index contributed by atoms with van der Waals surface area (Å²) >= 11 is 3.30. The van der Waals surface area contributed by atoms with Crippen LogP contribution in [-0.4, -0.2) is 21.6 Å². The van der Waals surface area contributed by atoms with E-state index in [-0.39, 0.29) is 22.7 Å². The van der Waals surface area contributed by atoms with Gasteiger partial charge < -0.3 is 4.74 Å². The molecule has 0 aliphatic heterocycles. The second-order valence-electron chi connectivity index (χ2n) is 5.80. The topological polar surface area (TPSA) is 55.4 Å². The lowest BCUT2D eigenvalue weighted by Crippen LogP contribution is -2.43. The maximum Gasteiger partial charge on any atom is 0.240 e. The summed E-state index contributed by atoms with van der Waals surface area (Å²) in [5.41, 5.74) is 0.651. The van der Waals surface area contributed by atoms with E-state index in [1.54, 1.807) is 24.3 Å². The van der Waals surface area contributed by atoms with E-state index in [1.807, 2.05) is 0 Å². The van der Waals surface area contributed by atoms with E-state index in [2.05, 4.69) is 20.7 Å². The van der Waals surface area contributed by atoms with Gasteiger partial charge in [-0.05, 0) is 58.5 Å². The number of ether oxygens (including phenoxy) is 1. The van der Waals surface area contributed by atoms with Gasteiger partial charge in [0.05, 0.1) is 16.5 Å². The Kier molecular flexibility index (Phi) is 4.94. The van der Waals surface area contributed by atoms with E-state index in [4.69, 9.17) is 4.74 Å². The van der Waals surface area contributed by atoms with E-state index in [0.29, 0.717) is 28.6 Å². The van der Waals surface area contributed by atoms with Crippen molar-refractivity contribution in [2.45, 2.75) is 29.7 Å². The summed E-state index contributed by atoms with van der Waals surface area (Å²) in [5.74, 6) is 0.274. The first-order chi connectivity index (χ1) is 11.4. The minimum absolute atomic E-state index is 0.0540. The van der Waals surface area contributed by atoms with Crippen LogP contribution in [0.5, 0.6) is 5.75 Å². The van der Waals surface area contributed by atoms with Gasteiger partial charge in [-0.3, -0.25) is 0 Å². The quantitative estimate of drug-likeness (QED) is 0.810. The molecule has 0 spiro atoms. The number of hydrogen-bond acceptors (Lipinski definition) is 3. The number of rotatable bonds is 5. The first kappa shape index (κ1) is 17.4. The van der Waals surface area contributed by atoms with Crippen LogP contribution in [0.2, 0.25) is 0 Å². The van der Waals surface area contributed by atoms with Crippen LogP contribution >= 0.6 is 15.9 Å². The number of nitrogens with one attached hydrogen (secondary N) is 1. The highest BCUT2D eigenvalue weighted by Gasteiger charge is 2.34. The van der Waals surface area contributed by atoms with Gasteiger partial charge >= 0.3 is 0 Å². The molecule has 2 aromatic carbocycles. The Balaban J connectivity index is 1.68. The maximum absolute atomic E-state index is 13.8. The Morgan fingerprint density at radius 2 is 1.92 bits per heavy atom. The molecule has 0 unspecified atom stereocenters. The lowest BCUT2D eigenvalue weighted by Gasteiger charge is -2.36. The van der Waals surface area contributed by atoms with Crippen molar-refractivity contribution in [2.75, 3.05) is 7.11 Å². The zero-order valence-electron chi connectivity index (χ0n) is 13.0. The van der Waals surface area contributed by atoms with E-state index >= 15 is 0 Å². The van der Waals surface area contributed by atoms with E-state index < -0.39 is 10.0 Å². The number of benzene rings is 2. The summed E-state index contributed by atoms with van der Waals surface area (Å²) in [4.78, 5) is 0.150. The maximum atomic E-state index is 13.8. The van der Waals surface area contributed by atoms with Gasteiger partial charge in [0.2, 0.25) is 10.0 Å². The first-order valence-electron chi connectivity index (χ1n) is 7.51. The molecule has 0 heterocycles. The average molecular weight is 414 g/mol. The van der Waals surface area contributed by atoms with Crippen molar-refractivity contribution in [2.24, 2.45) is 0 Å². The standard InChI is InChI=1S/C17H17BrFNO3S/c1-23-17-10-13(6-7-15(17)18)24(21,22)20-12-8-11(9-12)14-4-2-3-5-16(14)19/h2-7,10-12,20H,8-9H2,1H3. The number of methoxy groups -OCH3 is 1. The molecule has 7 heteroatoms. The third-order valence-corrected chi connectivity index (χ3v) is 6.41. The van der Waals surface area contributed by atoms with Gasteiger partial charge in [-0.2, -0.15) is 0 Å². The second-order valence-corrected chi connectivity index (χ2v) is 8.37. The van der Waals surface area contributed by atoms with Gasteiger partial charge in [0.25, 0.3) is 0 Å². The highest BCUT2D eigenvalue weighted by molar-refractivity contribution is 9.10. The molecular weight excluding hydrogens is 397 g/mol. The van der Waals surface area contributed by atoms with Gasteiger partial charge in [0, 0.05) is 12.1 Å². The Bertz CT molecular complexity index is 851. The second kappa shape index (κ2) is 6.82. The Hall–Kier alpha value is -1.44. The van der Waals surface area contributed by atoms with Crippen LogP contribution in [0.3, 0.4) is 0 Å². The van der Waals surface area contributed by atoms with Crippen LogP contribution in [-0.2, 0) is 10.0 Å². The van der Waals surface area contributed by atoms with Crippen molar-refractivity contribution in [1.82, 2.24) is 4.72 Å². The van der Waals surface area contributed by atoms with Crippen LogP contribution in [0.1, 0.15) is 24.3 Å². The molecule has 0 amide bonds. The van der Waals surface area contributed by atoms with Gasteiger partial charge in [-0.15, -0.1) is 0 Å². The summed E-state index contributed by atoms with van der Waals surface area (Å²) in [6.07, 6.45) is 1.18. The summed E-state index contributed by atoms with van der Waals surface area (Å²) in [5, 5.41) is 0. The van der Waals surface area contributed by atoms with Crippen LogP contribution in [0, 0.1) is 5.82 Å². The summed E-state index contributed by atoms with van der Waals surface area (Å²) in [6.45, 7) is 0. The van der Waals surface area contributed by atoms with Crippen LogP contribution < -0.4 is 9.46 Å². The molecule has 0 aromatic heterocycles. The minimum atomic E-state index is -3.63. The molecule has 1 fully saturated rings. The predicted octanol–water partition coefficient (Wildman–Crippen LogP) is 3.82. The van der Waals surface area contributed by atoms with Crippen molar-refractivity contribution in [3.05, 3.63) is 58.3 Å². The van der Waals surface area contributed by atoms with E-state index in [9.17, 15) is 12.8 Å². The zero-order chi connectivity index (χ0) is 17.3. The van der Waals surface area contributed by atoms with Crippen LogP contribution in [0.15, 0.2) is 51.8 Å². The van der Waals surface area contributed by atoms with Crippen molar-refractivity contribution in [3.8, 4) is 5.75 Å². The van der Waals surface area contributed by atoms with Crippen molar-refractivity contribution < 1.29 is 17.5 Å². The predicted molar refractivity (Wildman–Crippen MR) is 93.2 cm³/mol. The molecule has 0 atom stereocenters. The number of sulfonamides is 1. The average Bonchev–Trinajstić information content (AvgIpc) is 2.52. The Morgan fingerprint density at radius 3 is 2.58 bits per heavy atom. The summed E-state index contributed by atoms with van der Waals surface area (Å²) in [7, 11) is -2.15. The third-order valence-electron chi connectivity index (χ3n) is 4.24. The van der Waals surface area contributed by atoms with Crippen LogP contribution in [0.4, 0.5) is 4.39 Å². The van der Waals surface area contributed by atoms with Gasteiger partial charge in [-0.1, -0.05) is 18.2 Å². The highest BCUT2D eigenvalue weighted by Crippen LogP contribution is 2.38. The Morgan fingerprint density at radius 1 is 1.21 bits per heavy atom. The fourth-order valence-electron chi connectivity index (χ4n) is 2.87. The normalized spacial score (nSPS) is 20.5. The molecule has 1 N–H and O–H groups in total. The fourth-order valence-corrected chi connectivity index (χ4v) is 4.55. The number of halogens is 2. The molecule has 4 nitrogen and oxygen atoms in total. The lowest BCUT2D eigenvalue weighted by molar-refractivity contribution is 0.319. The molecule has 0 bridgehead atoms. The smallest absolute Gasteiger partial charge is 0.240 e. The molecule has 2 aromatic rings. The van der Waals surface area contributed by atoms with E-state index in [0.717, 1.165) is 0 Å². The molecule has 1 aliphatic rings. The van der Waals surface area contributed by atoms with Crippen LogP contribution in [0.25, 0.3) is 0 Å². The molecule has 0 radical (unpaired) electrons. The molecule has 1 aliphatic carbocycles. The van der Waals surface area contributed by atoms with Crippen molar-refractivity contribution >= 4 is 26.0 Å². The zero-order valence-corrected chi connectivity index (χ0v) is 15.4. The van der Waals surface area contributed by atoms with Gasteiger partial charge in [0.15, 0.2) is 0 Å². The fraction of sp³-hybridized carbons (Fsp3) is 0.294. The highest BCUT2D eigenvalue weighted by atomic mass is 79.9. The molecular formula is C17H17BrFNO3S. The molecule has 3 rings (SSSR count). The number of hydrogen-bond donors (Lipinski definition) is 1. The third kappa shape index (κ3) is 3.48. The molecule has 1 saturated carbocycles. The van der Waals surface area contributed by atoms with E-state index in [1.165, 1.54) is 25.3 Å². The summed E-state index contributed by atoms with van der Waals surface area (Å²) < 4.78 is 47.2. The Labute approximate surface area is 149 Å². The molecule has 24 heavy (non-hydrogen) atoms. The SMILES string of the molecule is COc1cc(S(=O)(=O)NC2CC(c3ccccc3F)C2)ccc1Br. The largest absolute Gasteiger partial charge is 0.496 e. The van der Waals surface area contributed by atoms with Crippen molar-refractivity contribution in [1.29, 1.82) is 0 Å². The minimum Gasteiger partial charge on any atom is -0.496 e. The monoisotopic (exact) mass is 413 g/mol. The first-order valence-corrected chi connectivity index (χ1v) is 9.78. The van der Waals surface area contributed by atoms with Gasteiger partial charge in [-0.25, -0.2) is 17.5 Å². The van der Waals surface area contributed by atoms with Crippen molar-refractivity contribution in [3.63, 3.8) is 0 Å².